The number of aromatic hydroxyl groups is 1. The van der Waals surface area contributed by atoms with Crippen molar-refractivity contribution in [2.75, 3.05) is 11.9 Å². The van der Waals surface area contributed by atoms with Crippen LogP contribution in [0, 0.1) is 6.92 Å². The molecular formula is C24H21N3O4S. The monoisotopic (exact) mass is 447 g/mol. The normalized spacial score (nSPS) is 10.7. The predicted molar refractivity (Wildman–Crippen MR) is 127 cm³/mol. The van der Waals surface area contributed by atoms with Crippen molar-refractivity contribution >= 4 is 40.0 Å². The first-order valence-corrected chi connectivity index (χ1v) is 10.4. The summed E-state index contributed by atoms with van der Waals surface area (Å²) < 4.78 is 11.1. The molecule has 0 atom stereocenters. The third-order valence-corrected chi connectivity index (χ3v) is 4.89. The van der Waals surface area contributed by atoms with Crippen molar-refractivity contribution < 1.29 is 19.1 Å². The summed E-state index contributed by atoms with van der Waals surface area (Å²) in [6.45, 7) is 4.41. The topological polar surface area (TPSA) is 96.6 Å². The van der Waals surface area contributed by atoms with Gasteiger partial charge in [0.2, 0.25) is 5.89 Å². The van der Waals surface area contributed by atoms with Gasteiger partial charge in [-0.15, -0.1) is 0 Å². The van der Waals surface area contributed by atoms with Crippen molar-refractivity contribution in [2.45, 2.75) is 13.8 Å². The summed E-state index contributed by atoms with van der Waals surface area (Å²) in [5.74, 6) is 0.627. The minimum atomic E-state index is -0.354. The summed E-state index contributed by atoms with van der Waals surface area (Å²) in [7, 11) is 0. The number of nitrogens with one attached hydrogen (secondary N) is 2. The maximum absolute atomic E-state index is 12.4. The van der Waals surface area contributed by atoms with Crippen molar-refractivity contribution in [3.05, 3.63) is 71.8 Å². The fourth-order valence-electron chi connectivity index (χ4n) is 3.14. The lowest BCUT2D eigenvalue weighted by molar-refractivity contribution is 0.0977. The molecule has 1 heterocycles. The molecule has 0 radical (unpaired) electrons. The lowest BCUT2D eigenvalue weighted by Gasteiger charge is -2.11. The molecule has 8 heteroatoms. The number of aromatic nitrogens is 1. The minimum Gasteiger partial charge on any atom is -0.507 e. The molecule has 32 heavy (non-hydrogen) atoms. The molecular weight excluding hydrogens is 426 g/mol. The third-order valence-electron chi connectivity index (χ3n) is 4.68. The fraction of sp³-hybridized carbons (Fsp3) is 0.125. The predicted octanol–water partition coefficient (Wildman–Crippen LogP) is 5.03. The summed E-state index contributed by atoms with van der Waals surface area (Å²) >= 11 is 5.22. The Morgan fingerprint density at radius 1 is 1.12 bits per heavy atom. The van der Waals surface area contributed by atoms with E-state index in [4.69, 9.17) is 21.4 Å². The van der Waals surface area contributed by atoms with Gasteiger partial charge in [0.25, 0.3) is 5.91 Å². The average Bonchev–Trinajstić information content (AvgIpc) is 3.17. The molecule has 7 nitrogen and oxygen atoms in total. The lowest BCUT2D eigenvalue weighted by Crippen LogP contribution is -2.34. The summed E-state index contributed by atoms with van der Waals surface area (Å²) in [6.07, 6.45) is 0. The number of carbonyl (C=O) groups excluding carboxylic acids is 1. The number of hydrogen-bond acceptors (Lipinski definition) is 6. The van der Waals surface area contributed by atoms with Gasteiger partial charge in [-0.1, -0.05) is 6.07 Å². The van der Waals surface area contributed by atoms with Crippen LogP contribution in [0.25, 0.3) is 22.6 Å². The Labute approximate surface area is 190 Å². The molecule has 0 saturated heterocycles. The molecule has 0 bridgehead atoms. The molecule has 0 fully saturated rings. The third kappa shape index (κ3) is 4.70. The van der Waals surface area contributed by atoms with Crippen LogP contribution in [0.15, 0.2) is 65.1 Å². The maximum Gasteiger partial charge on any atom is 0.257 e. The number of carbonyl (C=O) groups is 1. The second kappa shape index (κ2) is 9.07. The number of nitrogens with zero attached hydrogens (tertiary/aromatic N) is 1. The van der Waals surface area contributed by atoms with E-state index in [-0.39, 0.29) is 16.8 Å². The van der Waals surface area contributed by atoms with Crippen molar-refractivity contribution in [3.63, 3.8) is 0 Å². The molecule has 0 aliphatic rings. The van der Waals surface area contributed by atoms with Crippen molar-refractivity contribution in [3.8, 4) is 23.0 Å². The highest BCUT2D eigenvalue weighted by Gasteiger charge is 2.14. The average molecular weight is 448 g/mol. The lowest BCUT2D eigenvalue weighted by atomic mass is 10.2. The summed E-state index contributed by atoms with van der Waals surface area (Å²) in [5.41, 5.74) is 3.83. The molecule has 0 spiro atoms. The zero-order chi connectivity index (χ0) is 22.7. The van der Waals surface area contributed by atoms with Crippen LogP contribution in [0.2, 0.25) is 0 Å². The van der Waals surface area contributed by atoms with Crippen LogP contribution < -0.4 is 15.4 Å². The van der Waals surface area contributed by atoms with Crippen LogP contribution in [0.3, 0.4) is 0 Å². The van der Waals surface area contributed by atoms with Crippen LogP contribution in [0.1, 0.15) is 22.8 Å². The van der Waals surface area contributed by atoms with Gasteiger partial charge in [-0.05, 0) is 80.2 Å². The quantitative estimate of drug-likeness (QED) is 0.369. The molecule has 4 rings (SSSR count). The van der Waals surface area contributed by atoms with Crippen LogP contribution in [0.5, 0.6) is 11.5 Å². The molecule has 1 amide bonds. The van der Waals surface area contributed by atoms with Crippen molar-refractivity contribution in [2.24, 2.45) is 0 Å². The number of thiocarbonyl (C=S) groups is 1. The SMILES string of the molecule is CCOc1ccc(C(=O)NC(=S)Nc2ccc(-c3nc4ccc(C)cc4o3)c(O)c2)cc1. The number of rotatable bonds is 5. The molecule has 162 valence electrons. The number of phenolic OH excluding ortho intramolecular Hbond substituents is 1. The number of anilines is 1. The van der Waals surface area contributed by atoms with E-state index < -0.39 is 0 Å². The standard InChI is InChI=1S/C24H21N3O4S/c1-3-30-17-8-5-15(6-9-17)22(29)27-24(32)25-16-7-10-18(20(28)13-16)23-26-19-11-4-14(2)12-21(19)31-23/h4-13,28H,3H2,1-2H3,(H2,25,27,29,32). The van der Waals surface area contributed by atoms with E-state index >= 15 is 0 Å². The number of benzene rings is 3. The van der Waals surface area contributed by atoms with Gasteiger partial charge in [0.05, 0.1) is 12.2 Å². The van der Waals surface area contributed by atoms with E-state index in [1.54, 1.807) is 36.4 Å². The zero-order valence-electron chi connectivity index (χ0n) is 17.5. The molecule has 1 aromatic heterocycles. The second-order valence-corrected chi connectivity index (χ2v) is 7.50. The molecule has 0 saturated carbocycles. The Morgan fingerprint density at radius 3 is 2.62 bits per heavy atom. The number of phenols is 1. The summed E-state index contributed by atoms with van der Waals surface area (Å²) in [5, 5.41) is 16.1. The Kier molecular flexibility index (Phi) is 6.04. The van der Waals surface area contributed by atoms with Crippen molar-refractivity contribution in [1.29, 1.82) is 0 Å². The van der Waals surface area contributed by atoms with Crippen LogP contribution in [-0.4, -0.2) is 27.7 Å². The Hall–Kier alpha value is -3.91. The van der Waals surface area contributed by atoms with Gasteiger partial charge in [-0.25, -0.2) is 4.98 Å². The molecule has 3 aromatic carbocycles. The first kappa shape index (κ1) is 21.3. The number of amides is 1. The first-order valence-electron chi connectivity index (χ1n) is 9.98. The van der Waals surface area contributed by atoms with Gasteiger partial charge in [-0.3, -0.25) is 10.1 Å². The smallest absolute Gasteiger partial charge is 0.257 e. The Morgan fingerprint density at radius 2 is 1.91 bits per heavy atom. The van der Waals surface area contributed by atoms with Gasteiger partial charge in [0, 0.05) is 17.3 Å². The van der Waals surface area contributed by atoms with E-state index in [2.05, 4.69) is 15.6 Å². The number of fused-ring (bicyclic) bond motifs is 1. The summed E-state index contributed by atoms with van der Waals surface area (Å²) in [4.78, 5) is 16.8. The van der Waals surface area contributed by atoms with Gasteiger partial charge in [-0.2, -0.15) is 0 Å². The highest BCUT2D eigenvalue weighted by molar-refractivity contribution is 7.80. The van der Waals surface area contributed by atoms with E-state index in [9.17, 15) is 9.90 Å². The van der Waals surface area contributed by atoms with Gasteiger partial charge in [0.15, 0.2) is 10.7 Å². The maximum atomic E-state index is 12.4. The van der Waals surface area contributed by atoms with Gasteiger partial charge >= 0.3 is 0 Å². The highest BCUT2D eigenvalue weighted by atomic mass is 32.1. The molecule has 0 aliphatic carbocycles. The highest BCUT2D eigenvalue weighted by Crippen LogP contribution is 2.33. The Bertz CT molecular complexity index is 1300. The van der Waals surface area contributed by atoms with E-state index in [0.717, 1.165) is 5.56 Å². The van der Waals surface area contributed by atoms with E-state index in [1.807, 2.05) is 32.0 Å². The molecule has 3 N–H and O–H groups in total. The number of hydrogen-bond donors (Lipinski definition) is 3. The summed E-state index contributed by atoms with van der Waals surface area (Å²) in [6, 6.07) is 17.3. The van der Waals surface area contributed by atoms with Crippen molar-refractivity contribution in [1.82, 2.24) is 10.3 Å². The number of ether oxygens (including phenoxy) is 1. The largest absolute Gasteiger partial charge is 0.507 e. The van der Waals surface area contributed by atoms with Crippen LogP contribution in [-0.2, 0) is 0 Å². The van der Waals surface area contributed by atoms with Gasteiger partial charge in [0.1, 0.15) is 17.0 Å². The van der Waals surface area contributed by atoms with E-state index in [1.165, 1.54) is 6.07 Å². The van der Waals surface area contributed by atoms with E-state index in [0.29, 0.717) is 46.2 Å². The zero-order valence-corrected chi connectivity index (χ0v) is 18.3. The first-order chi connectivity index (χ1) is 15.4. The fourth-order valence-corrected chi connectivity index (χ4v) is 3.35. The number of aryl methyl sites for hydroxylation is 1. The molecule has 0 unspecified atom stereocenters. The van der Waals surface area contributed by atoms with Gasteiger partial charge < -0.3 is 19.6 Å². The molecule has 0 aliphatic heterocycles. The Balaban J connectivity index is 1.43. The second-order valence-electron chi connectivity index (χ2n) is 7.09. The minimum absolute atomic E-state index is 0.0288. The number of oxazole rings is 1. The van der Waals surface area contributed by atoms with Crippen LogP contribution in [0.4, 0.5) is 5.69 Å². The van der Waals surface area contributed by atoms with Crippen LogP contribution >= 0.6 is 12.2 Å². The molecule has 4 aromatic rings.